The van der Waals surface area contributed by atoms with E-state index in [4.69, 9.17) is 5.73 Å². The molecule has 7 heteroatoms. The van der Waals surface area contributed by atoms with E-state index in [1.807, 2.05) is 0 Å². The predicted octanol–water partition coefficient (Wildman–Crippen LogP) is 2.76. The van der Waals surface area contributed by atoms with Gasteiger partial charge in [0.05, 0.1) is 0 Å². The molecule has 1 amide bonds. The lowest BCUT2D eigenvalue weighted by molar-refractivity contribution is -0.116. The van der Waals surface area contributed by atoms with Crippen LogP contribution in [-0.4, -0.2) is 22.6 Å². The maximum absolute atomic E-state index is 11.6. The molecule has 0 saturated heterocycles. The van der Waals surface area contributed by atoms with Gasteiger partial charge in [0.1, 0.15) is 5.01 Å². The van der Waals surface area contributed by atoms with E-state index >= 15 is 0 Å². The number of nitrogens with zero attached hydrogens (tertiary/aromatic N) is 2. The molecule has 1 aromatic rings. The lowest BCUT2D eigenvalue weighted by Crippen LogP contribution is -2.10. The summed E-state index contributed by atoms with van der Waals surface area (Å²) in [6.45, 7) is 2.83. The number of rotatable bonds is 9. The Bertz CT molecular complexity index is 359. The molecule has 1 aromatic heterocycles. The highest BCUT2D eigenvalue weighted by molar-refractivity contribution is 7.15. The Morgan fingerprint density at radius 2 is 2.00 bits per heavy atom. The molecule has 0 fully saturated rings. The summed E-state index contributed by atoms with van der Waals surface area (Å²) in [4.78, 5) is 11.6. The molecule has 0 aliphatic heterocycles. The fourth-order valence-corrected chi connectivity index (χ4v) is 2.44. The average Bonchev–Trinajstić information content (AvgIpc) is 2.77. The first-order chi connectivity index (χ1) is 8.76. The average molecular weight is 307 g/mol. The van der Waals surface area contributed by atoms with Crippen LogP contribution in [0.25, 0.3) is 0 Å². The van der Waals surface area contributed by atoms with Gasteiger partial charge in [-0.25, -0.2) is 0 Å². The minimum absolute atomic E-state index is 0. The Balaban J connectivity index is 0.00000324. The molecule has 0 unspecified atom stereocenters. The van der Waals surface area contributed by atoms with E-state index in [-0.39, 0.29) is 18.3 Å². The van der Waals surface area contributed by atoms with Gasteiger partial charge in [-0.3, -0.25) is 4.79 Å². The van der Waals surface area contributed by atoms with Gasteiger partial charge in [-0.1, -0.05) is 31.1 Å². The minimum atomic E-state index is 0. The largest absolute Gasteiger partial charge is 0.330 e. The second kappa shape index (κ2) is 11.1. The van der Waals surface area contributed by atoms with Gasteiger partial charge in [0.2, 0.25) is 11.0 Å². The van der Waals surface area contributed by atoms with Gasteiger partial charge in [0, 0.05) is 12.8 Å². The highest BCUT2D eigenvalue weighted by Gasteiger charge is 2.07. The first-order valence-corrected chi connectivity index (χ1v) is 7.40. The molecule has 5 nitrogen and oxygen atoms in total. The molecule has 110 valence electrons. The highest BCUT2D eigenvalue weighted by atomic mass is 35.5. The smallest absolute Gasteiger partial charge is 0.226 e. The standard InChI is InChI=1S/C12H22N4OS.ClH/c1-2-7-11-15-16-12(18-11)14-10(17)8-5-3-4-6-9-13;/h2-9,13H2,1H3,(H,14,16,17);1H. The molecular weight excluding hydrogens is 284 g/mol. The summed E-state index contributed by atoms with van der Waals surface area (Å²) in [5, 5.41) is 12.4. The number of unbranched alkanes of at least 4 members (excludes halogenated alkanes) is 3. The van der Waals surface area contributed by atoms with Crippen LogP contribution in [0.2, 0.25) is 0 Å². The molecule has 0 bridgehead atoms. The first kappa shape index (κ1) is 18.3. The summed E-state index contributed by atoms with van der Waals surface area (Å²) in [5.74, 6) is 0.0296. The maximum Gasteiger partial charge on any atom is 0.226 e. The maximum atomic E-state index is 11.6. The topological polar surface area (TPSA) is 80.9 Å². The van der Waals surface area contributed by atoms with Crippen LogP contribution in [0.15, 0.2) is 0 Å². The van der Waals surface area contributed by atoms with Gasteiger partial charge in [-0.2, -0.15) is 0 Å². The van der Waals surface area contributed by atoms with Crippen LogP contribution in [0.3, 0.4) is 0 Å². The lowest BCUT2D eigenvalue weighted by atomic mass is 10.1. The molecule has 0 spiro atoms. The summed E-state index contributed by atoms with van der Waals surface area (Å²) in [6, 6.07) is 0. The predicted molar refractivity (Wildman–Crippen MR) is 81.9 cm³/mol. The molecule has 1 heterocycles. The number of nitrogens with one attached hydrogen (secondary N) is 1. The van der Waals surface area contributed by atoms with E-state index in [2.05, 4.69) is 22.4 Å². The van der Waals surface area contributed by atoms with Crippen molar-refractivity contribution in [1.82, 2.24) is 10.2 Å². The van der Waals surface area contributed by atoms with Crippen molar-refractivity contribution in [2.45, 2.75) is 51.9 Å². The number of carbonyl (C=O) groups excluding carboxylic acids is 1. The Labute approximate surface area is 124 Å². The Morgan fingerprint density at radius 1 is 1.26 bits per heavy atom. The molecular formula is C12H23ClN4OS. The van der Waals surface area contributed by atoms with Crippen LogP contribution in [0.1, 0.15) is 50.5 Å². The third kappa shape index (κ3) is 8.13. The molecule has 0 aliphatic rings. The zero-order valence-corrected chi connectivity index (χ0v) is 13.0. The van der Waals surface area contributed by atoms with Crippen LogP contribution < -0.4 is 11.1 Å². The highest BCUT2D eigenvalue weighted by Crippen LogP contribution is 2.17. The zero-order valence-electron chi connectivity index (χ0n) is 11.4. The summed E-state index contributed by atoms with van der Waals surface area (Å²) in [7, 11) is 0. The van der Waals surface area contributed by atoms with Gasteiger partial charge >= 0.3 is 0 Å². The quantitative estimate of drug-likeness (QED) is 0.687. The fourth-order valence-electron chi connectivity index (χ4n) is 1.58. The zero-order chi connectivity index (χ0) is 13.2. The van der Waals surface area contributed by atoms with Gasteiger partial charge in [0.15, 0.2) is 0 Å². The normalized spacial score (nSPS) is 10.0. The molecule has 0 aliphatic carbocycles. The van der Waals surface area contributed by atoms with Crippen molar-refractivity contribution in [2.75, 3.05) is 11.9 Å². The van der Waals surface area contributed by atoms with Crippen LogP contribution in [-0.2, 0) is 11.2 Å². The molecule has 0 saturated carbocycles. The Kier molecular flexibility index (Phi) is 10.7. The number of aromatic nitrogens is 2. The molecule has 1 rings (SSSR count). The van der Waals surface area contributed by atoms with Crippen molar-refractivity contribution >= 4 is 34.8 Å². The van der Waals surface area contributed by atoms with Crippen molar-refractivity contribution in [3.63, 3.8) is 0 Å². The molecule has 3 N–H and O–H groups in total. The van der Waals surface area contributed by atoms with Crippen LogP contribution in [0, 0.1) is 0 Å². The molecule has 0 atom stereocenters. The van der Waals surface area contributed by atoms with E-state index in [1.165, 1.54) is 11.3 Å². The van der Waals surface area contributed by atoms with Gasteiger partial charge in [0.25, 0.3) is 0 Å². The van der Waals surface area contributed by atoms with Crippen molar-refractivity contribution in [1.29, 1.82) is 0 Å². The summed E-state index contributed by atoms with van der Waals surface area (Å²) < 4.78 is 0. The third-order valence-corrected chi connectivity index (χ3v) is 3.43. The van der Waals surface area contributed by atoms with Crippen LogP contribution >= 0.6 is 23.7 Å². The molecule has 0 radical (unpaired) electrons. The summed E-state index contributed by atoms with van der Waals surface area (Å²) >= 11 is 1.46. The third-order valence-electron chi connectivity index (χ3n) is 2.54. The van der Waals surface area contributed by atoms with E-state index in [9.17, 15) is 4.79 Å². The number of carbonyl (C=O) groups is 1. The number of nitrogens with two attached hydrogens (primary N) is 1. The van der Waals surface area contributed by atoms with Crippen LogP contribution in [0.5, 0.6) is 0 Å². The van der Waals surface area contributed by atoms with E-state index in [0.29, 0.717) is 11.6 Å². The molecule has 19 heavy (non-hydrogen) atoms. The lowest BCUT2D eigenvalue weighted by Gasteiger charge is -2.01. The van der Waals surface area contributed by atoms with Gasteiger partial charge in [-0.05, 0) is 25.8 Å². The second-order valence-corrected chi connectivity index (χ2v) is 5.31. The summed E-state index contributed by atoms with van der Waals surface area (Å²) in [6.07, 6.45) is 6.62. The minimum Gasteiger partial charge on any atom is -0.330 e. The fraction of sp³-hybridized carbons (Fsp3) is 0.750. The Hall–Kier alpha value is -0.720. The second-order valence-electron chi connectivity index (χ2n) is 4.25. The number of anilines is 1. The number of amides is 1. The van der Waals surface area contributed by atoms with Crippen molar-refractivity contribution < 1.29 is 4.79 Å². The van der Waals surface area contributed by atoms with E-state index in [1.54, 1.807) is 0 Å². The van der Waals surface area contributed by atoms with Gasteiger partial charge < -0.3 is 11.1 Å². The van der Waals surface area contributed by atoms with Crippen molar-refractivity contribution in [3.05, 3.63) is 5.01 Å². The number of aryl methyl sites for hydroxylation is 1. The van der Waals surface area contributed by atoms with Crippen molar-refractivity contribution in [2.24, 2.45) is 5.73 Å². The van der Waals surface area contributed by atoms with Crippen LogP contribution in [0.4, 0.5) is 5.13 Å². The number of hydrogen-bond donors (Lipinski definition) is 2. The van der Waals surface area contributed by atoms with Gasteiger partial charge in [-0.15, -0.1) is 22.6 Å². The number of halogens is 1. The monoisotopic (exact) mass is 306 g/mol. The van der Waals surface area contributed by atoms with E-state index in [0.717, 1.165) is 50.1 Å². The van der Waals surface area contributed by atoms with Crippen molar-refractivity contribution in [3.8, 4) is 0 Å². The SMILES string of the molecule is CCCc1nnc(NC(=O)CCCCCCN)s1.Cl. The summed E-state index contributed by atoms with van der Waals surface area (Å²) in [5.41, 5.74) is 5.41. The van der Waals surface area contributed by atoms with E-state index < -0.39 is 0 Å². The Morgan fingerprint density at radius 3 is 2.68 bits per heavy atom. The molecule has 0 aromatic carbocycles. The first-order valence-electron chi connectivity index (χ1n) is 6.58. The number of hydrogen-bond acceptors (Lipinski definition) is 5.